The van der Waals surface area contributed by atoms with Gasteiger partial charge in [-0.25, -0.2) is 0 Å². The zero-order valence-electron chi connectivity index (χ0n) is 13.3. The van der Waals surface area contributed by atoms with Crippen molar-refractivity contribution in [2.75, 3.05) is 6.61 Å². The first kappa shape index (κ1) is 17.5. The van der Waals surface area contributed by atoms with Crippen LogP contribution in [0.4, 0.5) is 0 Å². The van der Waals surface area contributed by atoms with Gasteiger partial charge in [-0.2, -0.15) is 0 Å². The van der Waals surface area contributed by atoms with Gasteiger partial charge >= 0.3 is 0 Å². The average Bonchev–Trinajstić information content (AvgIpc) is 2.52. The van der Waals surface area contributed by atoms with Gasteiger partial charge in [-0.3, -0.25) is 4.79 Å². The van der Waals surface area contributed by atoms with Gasteiger partial charge in [0.2, 0.25) is 0 Å². The van der Waals surface area contributed by atoms with Crippen LogP contribution >= 0.6 is 0 Å². The Kier molecular flexibility index (Phi) is 7.48. The highest BCUT2D eigenvalue weighted by molar-refractivity contribution is 5.92. The molecule has 3 heteroatoms. The minimum absolute atomic E-state index is 0.0975. The van der Waals surface area contributed by atoms with Crippen molar-refractivity contribution in [3.05, 3.63) is 84.3 Å². The number of rotatable bonds is 8. The van der Waals surface area contributed by atoms with E-state index < -0.39 is 0 Å². The molecule has 22 heavy (non-hydrogen) atoms. The molecule has 0 unspecified atom stereocenters. The molecule has 0 aliphatic carbocycles. The molecular formula is C19H23NO2. The van der Waals surface area contributed by atoms with Gasteiger partial charge in [-0.15, -0.1) is 0 Å². The molecule has 1 rings (SSSR count). The Balaban J connectivity index is 2.42. The van der Waals surface area contributed by atoms with Crippen molar-refractivity contribution in [1.29, 1.82) is 0 Å². The SMILES string of the molecule is C=C/C(=C\C=C/C)NC(=O)C(=C)OCCc1ccc(C)cc1. The van der Waals surface area contributed by atoms with Crippen molar-refractivity contribution in [2.24, 2.45) is 0 Å². The summed E-state index contributed by atoms with van der Waals surface area (Å²) in [5.41, 5.74) is 2.99. The molecule has 0 heterocycles. The number of amides is 1. The molecule has 0 aliphatic heterocycles. The Morgan fingerprint density at radius 1 is 1.32 bits per heavy atom. The van der Waals surface area contributed by atoms with Gasteiger partial charge < -0.3 is 10.1 Å². The summed E-state index contributed by atoms with van der Waals surface area (Å²) in [6.45, 7) is 11.7. The third-order valence-electron chi connectivity index (χ3n) is 2.99. The van der Waals surface area contributed by atoms with Gasteiger partial charge in [-0.1, -0.05) is 55.1 Å². The number of allylic oxidation sites excluding steroid dienone is 4. The fraction of sp³-hybridized carbons (Fsp3) is 0.211. The molecule has 1 aromatic carbocycles. The number of benzene rings is 1. The van der Waals surface area contributed by atoms with Gasteiger partial charge in [0.1, 0.15) is 0 Å². The molecule has 1 N–H and O–H groups in total. The third-order valence-corrected chi connectivity index (χ3v) is 2.99. The van der Waals surface area contributed by atoms with Gasteiger partial charge in [0, 0.05) is 12.1 Å². The summed E-state index contributed by atoms with van der Waals surface area (Å²) >= 11 is 0. The highest BCUT2D eigenvalue weighted by Gasteiger charge is 2.08. The van der Waals surface area contributed by atoms with Gasteiger partial charge in [0.05, 0.1) is 6.61 Å². The smallest absolute Gasteiger partial charge is 0.290 e. The Morgan fingerprint density at radius 2 is 2.00 bits per heavy atom. The Bertz CT molecular complexity index is 580. The second-order valence-electron chi connectivity index (χ2n) is 4.81. The zero-order valence-corrected chi connectivity index (χ0v) is 13.3. The minimum atomic E-state index is -0.362. The van der Waals surface area contributed by atoms with E-state index in [0.717, 1.165) is 6.42 Å². The molecule has 1 amide bonds. The first-order valence-electron chi connectivity index (χ1n) is 7.21. The van der Waals surface area contributed by atoms with E-state index in [-0.39, 0.29) is 11.7 Å². The van der Waals surface area contributed by atoms with Crippen LogP contribution < -0.4 is 5.32 Å². The van der Waals surface area contributed by atoms with E-state index in [1.165, 1.54) is 11.1 Å². The maximum absolute atomic E-state index is 11.9. The first-order valence-corrected chi connectivity index (χ1v) is 7.21. The summed E-state index contributed by atoms with van der Waals surface area (Å²) in [6.07, 6.45) is 7.73. The molecular weight excluding hydrogens is 274 g/mol. The molecule has 0 aromatic heterocycles. The molecule has 0 saturated heterocycles. The predicted molar refractivity (Wildman–Crippen MR) is 91.2 cm³/mol. The van der Waals surface area contributed by atoms with Crippen LogP contribution in [0, 0.1) is 6.92 Å². The first-order chi connectivity index (χ1) is 10.6. The predicted octanol–water partition coefficient (Wildman–Crippen LogP) is 3.83. The maximum Gasteiger partial charge on any atom is 0.290 e. The lowest BCUT2D eigenvalue weighted by Gasteiger charge is -2.10. The number of hydrogen-bond acceptors (Lipinski definition) is 2. The summed E-state index contributed by atoms with van der Waals surface area (Å²) in [7, 11) is 0. The van der Waals surface area contributed by atoms with E-state index in [2.05, 4.69) is 42.7 Å². The fourth-order valence-electron chi connectivity index (χ4n) is 1.67. The third kappa shape index (κ3) is 6.27. The van der Waals surface area contributed by atoms with Gasteiger partial charge in [-0.05, 0) is 31.6 Å². The molecule has 3 nitrogen and oxygen atoms in total. The summed E-state index contributed by atoms with van der Waals surface area (Å²) in [4.78, 5) is 11.9. The standard InChI is InChI=1S/C19H23NO2/c1-5-7-8-18(6-2)20-19(21)16(4)22-14-13-17-11-9-15(3)10-12-17/h5-12H,2,4,13-14H2,1,3H3,(H,20,21)/b7-5-,18-8+. The second kappa shape index (κ2) is 9.40. The van der Waals surface area contributed by atoms with Crippen LogP contribution in [-0.2, 0) is 16.0 Å². The van der Waals surface area contributed by atoms with E-state index in [1.807, 2.05) is 26.0 Å². The molecule has 0 radical (unpaired) electrons. The number of ether oxygens (including phenoxy) is 1. The van der Waals surface area contributed by atoms with Crippen LogP contribution in [0.25, 0.3) is 0 Å². The summed E-state index contributed by atoms with van der Waals surface area (Å²) in [6, 6.07) is 8.22. The summed E-state index contributed by atoms with van der Waals surface area (Å²) < 4.78 is 5.40. The van der Waals surface area contributed by atoms with Crippen molar-refractivity contribution >= 4 is 5.91 Å². The van der Waals surface area contributed by atoms with Crippen molar-refractivity contribution < 1.29 is 9.53 Å². The number of aryl methyl sites for hydroxylation is 1. The monoisotopic (exact) mass is 297 g/mol. The molecule has 0 spiro atoms. The van der Waals surface area contributed by atoms with Crippen LogP contribution in [0.2, 0.25) is 0 Å². The minimum Gasteiger partial charge on any atom is -0.488 e. The van der Waals surface area contributed by atoms with E-state index >= 15 is 0 Å². The molecule has 116 valence electrons. The number of hydrogen-bond donors (Lipinski definition) is 1. The lowest BCUT2D eigenvalue weighted by atomic mass is 10.1. The maximum atomic E-state index is 11.9. The lowest BCUT2D eigenvalue weighted by Crippen LogP contribution is -2.24. The van der Waals surface area contributed by atoms with Gasteiger partial charge in [0.25, 0.3) is 5.91 Å². The molecule has 0 fully saturated rings. The lowest BCUT2D eigenvalue weighted by molar-refractivity contribution is -0.120. The van der Waals surface area contributed by atoms with Crippen LogP contribution in [-0.4, -0.2) is 12.5 Å². The average molecular weight is 297 g/mol. The fourth-order valence-corrected chi connectivity index (χ4v) is 1.67. The highest BCUT2D eigenvalue weighted by atomic mass is 16.5. The van der Waals surface area contributed by atoms with Crippen LogP contribution in [0.15, 0.2) is 73.2 Å². The largest absolute Gasteiger partial charge is 0.488 e. The van der Waals surface area contributed by atoms with Crippen LogP contribution in [0.5, 0.6) is 0 Å². The van der Waals surface area contributed by atoms with Crippen molar-refractivity contribution in [3.8, 4) is 0 Å². The van der Waals surface area contributed by atoms with Crippen molar-refractivity contribution in [1.82, 2.24) is 5.32 Å². The van der Waals surface area contributed by atoms with E-state index in [4.69, 9.17) is 4.74 Å². The Morgan fingerprint density at radius 3 is 2.59 bits per heavy atom. The number of carbonyl (C=O) groups is 1. The molecule has 0 saturated carbocycles. The number of carbonyl (C=O) groups excluding carboxylic acids is 1. The van der Waals surface area contributed by atoms with E-state index in [9.17, 15) is 4.79 Å². The number of nitrogens with one attached hydrogen (secondary N) is 1. The molecule has 0 bridgehead atoms. The zero-order chi connectivity index (χ0) is 16.4. The molecule has 0 aliphatic rings. The van der Waals surface area contributed by atoms with Gasteiger partial charge in [0.15, 0.2) is 5.76 Å². The Hall–Kier alpha value is -2.55. The molecule has 0 atom stereocenters. The Labute approximate surface area is 132 Å². The van der Waals surface area contributed by atoms with Crippen molar-refractivity contribution in [3.63, 3.8) is 0 Å². The summed E-state index contributed by atoms with van der Waals surface area (Å²) in [5, 5.41) is 2.69. The molecule has 1 aromatic rings. The van der Waals surface area contributed by atoms with E-state index in [1.54, 1.807) is 12.2 Å². The van der Waals surface area contributed by atoms with Crippen LogP contribution in [0.3, 0.4) is 0 Å². The second-order valence-corrected chi connectivity index (χ2v) is 4.81. The highest BCUT2D eigenvalue weighted by Crippen LogP contribution is 2.05. The topological polar surface area (TPSA) is 38.3 Å². The van der Waals surface area contributed by atoms with Crippen LogP contribution in [0.1, 0.15) is 18.1 Å². The quantitative estimate of drug-likeness (QED) is 0.450. The van der Waals surface area contributed by atoms with E-state index in [0.29, 0.717) is 12.3 Å². The normalized spacial score (nSPS) is 11.3. The summed E-state index contributed by atoms with van der Waals surface area (Å²) in [5.74, 6) is -0.264. The van der Waals surface area contributed by atoms with Crippen molar-refractivity contribution in [2.45, 2.75) is 20.3 Å².